The Bertz CT molecular complexity index is 512. The number of rotatable bonds is 3. The van der Waals surface area contributed by atoms with E-state index < -0.39 is 0 Å². The Balaban J connectivity index is 1.78. The van der Waals surface area contributed by atoms with Gasteiger partial charge in [-0.15, -0.1) is 0 Å². The second kappa shape index (κ2) is 7.14. The number of ether oxygens (including phenoxy) is 1. The van der Waals surface area contributed by atoms with Crippen LogP contribution < -0.4 is 10.1 Å². The lowest BCUT2D eigenvalue weighted by atomic mass is 9.84. The molecule has 1 atom stereocenters. The Labute approximate surface area is 132 Å². The molecule has 2 fully saturated rings. The predicted molar refractivity (Wildman–Crippen MR) is 87.3 cm³/mol. The first kappa shape index (κ1) is 15.3. The summed E-state index contributed by atoms with van der Waals surface area (Å²) in [4.78, 5) is 15.1. The molecule has 2 heterocycles. The molecule has 1 aromatic rings. The maximum absolute atomic E-state index is 13.0. The van der Waals surface area contributed by atoms with Crippen molar-refractivity contribution in [3.05, 3.63) is 29.8 Å². The van der Waals surface area contributed by atoms with Crippen LogP contribution in [0, 0.1) is 5.92 Å². The van der Waals surface area contributed by atoms with Crippen LogP contribution in [0.4, 0.5) is 0 Å². The van der Waals surface area contributed by atoms with Crippen molar-refractivity contribution in [2.45, 2.75) is 38.1 Å². The van der Waals surface area contributed by atoms with Gasteiger partial charge in [-0.2, -0.15) is 0 Å². The van der Waals surface area contributed by atoms with Gasteiger partial charge in [0.05, 0.1) is 7.11 Å². The number of carbonyl (C=O) groups excluding carboxylic acids is 1. The van der Waals surface area contributed by atoms with Gasteiger partial charge in [0.1, 0.15) is 5.75 Å². The van der Waals surface area contributed by atoms with Crippen LogP contribution in [0.2, 0.25) is 0 Å². The van der Waals surface area contributed by atoms with Crippen molar-refractivity contribution in [2.75, 3.05) is 26.7 Å². The Morgan fingerprint density at radius 2 is 2.05 bits per heavy atom. The van der Waals surface area contributed by atoms with Gasteiger partial charge in [-0.25, -0.2) is 0 Å². The fourth-order valence-electron chi connectivity index (χ4n) is 3.85. The maximum atomic E-state index is 13.0. The molecule has 0 aromatic heterocycles. The van der Waals surface area contributed by atoms with Gasteiger partial charge in [-0.05, 0) is 69.3 Å². The van der Waals surface area contributed by atoms with Crippen molar-refractivity contribution in [3.8, 4) is 5.75 Å². The topological polar surface area (TPSA) is 41.6 Å². The average molecular weight is 302 g/mol. The number of nitrogens with zero attached hydrogens (tertiary/aromatic N) is 1. The van der Waals surface area contributed by atoms with Gasteiger partial charge in [-0.1, -0.05) is 6.07 Å². The van der Waals surface area contributed by atoms with E-state index in [-0.39, 0.29) is 5.91 Å². The molecule has 22 heavy (non-hydrogen) atoms. The van der Waals surface area contributed by atoms with Crippen molar-refractivity contribution in [2.24, 2.45) is 5.92 Å². The van der Waals surface area contributed by atoms with Gasteiger partial charge in [0.2, 0.25) is 0 Å². The van der Waals surface area contributed by atoms with Crippen LogP contribution in [-0.2, 0) is 0 Å². The molecule has 1 amide bonds. The third-order valence-electron chi connectivity index (χ3n) is 5.05. The molecule has 3 rings (SSSR count). The molecule has 1 unspecified atom stereocenters. The van der Waals surface area contributed by atoms with Crippen molar-refractivity contribution < 1.29 is 9.53 Å². The molecule has 0 aliphatic carbocycles. The van der Waals surface area contributed by atoms with Crippen molar-refractivity contribution in [1.29, 1.82) is 0 Å². The lowest BCUT2D eigenvalue weighted by Gasteiger charge is -2.42. The quantitative estimate of drug-likeness (QED) is 0.933. The predicted octanol–water partition coefficient (Wildman–Crippen LogP) is 2.69. The highest BCUT2D eigenvalue weighted by atomic mass is 16.5. The minimum absolute atomic E-state index is 0.169. The summed E-state index contributed by atoms with van der Waals surface area (Å²) >= 11 is 0. The largest absolute Gasteiger partial charge is 0.497 e. The van der Waals surface area contributed by atoms with Gasteiger partial charge in [0.25, 0.3) is 5.91 Å². The van der Waals surface area contributed by atoms with E-state index in [2.05, 4.69) is 10.2 Å². The maximum Gasteiger partial charge on any atom is 0.254 e. The van der Waals surface area contributed by atoms with Crippen LogP contribution in [0.3, 0.4) is 0 Å². The summed E-state index contributed by atoms with van der Waals surface area (Å²) in [6, 6.07) is 7.96. The zero-order chi connectivity index (χ0) is 15.4. The summed E-state index contributed by atoms with van der Waals surface area (Å²) in [6.07, 6.45) is 5.90. The molecule has 2 saturated heterocycles. The molecule has 2 aliphatic heterocycles. The molecule has 4 heteroatoms. The Hall–Kier alpha value is -1.55. The summed E-state index contributed by atoms with van der Waals surface area (Å²) in [7, 11) is 1.64. The molecule has 0 saturated carbocycles. The first-order chi connectivity index (χ1) is 10.8. The number of hydrogen-bond donors (Lipinski definition) is 1. The smallest absolute Gasteiger partial charge is 0.254 e. The van der Waals surface area contributed by atoms with E-state index in [9.17, 15) is 4.79 Å². The summed E-state index contributed by atoms with van der Waals surface area (Å²) in [6.45, 7) is 3.06. The first-order valence-corrected chi connectivity index (χ1v) is 8.45. The van der Waals surface area contributed by atoms with E-state index in [1.165, 1.54) is 19.3 Å². The fourth-order valence-corrected chi connectivity index (χ4v) is 3.85. The van der Waals surface area contributed by atoms with Gasteiger partial charge >= 0.3 is 0 Å². The van der Waals surface area contributed by atoms with Gasteiger partial charge < -0.3 is 15.0 Å². The average Bonchev–Trinajstić information content (AvgIpc) is 2.62. The third-order valence-corrected chi connectivity index (χ3v) is 5.05. The van der Waals surface area contributed by atoms with E-state index in [1.54, 1.807) is 7.11 Å². The second-order valence-corrected chi connectivity index (χ2v) is 6.38. The number of carbonyl (C=O) groups is 1. The highest BCUT2D eigenvalue weighted by Gasteiger charge is 2.33. The standard InChI is InChI=1S/C18H26N2O2/c1-22-16-6-4-5-15(13-16)18(21)20-12-3-2-7-17(20)14-8-10-19-11-9-14/h4-6,13-14,17,19H,2-3,7-12H2,1H3. The van der Waals surface area contributed by atoms with Crippen LogP contribution in [0.1, 0.15) is 42.5 Å². The molecule has 0 radical (unpaired) electrons. The summed E-state index contributed by atoms with van der Waals surface area (Å²) in [5, 5.41) is 3.42. The van der Waals surface area contributed by atoms with Gasteiger partial charge in [0, 0.05) is 18.2 Å². The summed E-state index contributed by atoms with van der Waals surface area (Å²) < 4.78 is 5.26. The molecule has 0 bridgehead atoms. The Morgan fingerprint density at radius 3 is 2.82 bits per heavy atom. The van der Waals surface area contributed by atoms with Crippen molar-refractivity contribution in [1.82, 2.24) is 10.2 Å². The van der Waals surface area contributed by atoms with Crippen LogP contribution in [-0.4, -0.2) is 43.6 Å². The number of amides is 1. The second-order valence-electron chi connectivity index (χ2n) is 6.38. The number of methoxy groups -OCH3 is 1. The molecule has 4 nitrogen and oxygen atoms in total. The summed E-state index contributed by atoms with van der Waals surface area (Å²) in [5.74, 6) is 1.57. The van der Waals surface area contributed by atoms with E-state index in [0.717, 1.165) is 43.8 Å². The van der Waals surface area contributed by atoms with Crippen molar-refractivity contribution >= 4 is 5.91 Å². The van der Waals surface area contributed by atoms with E-state index in [1.807, 2.05) is 24.3 Å². The zero-order valence-electron chi connectivity index (χ0n) is 13.4. The molecule has 1 aromatic carbocycles. The van der Waals surface area contributed by atoms with Crippen LogP contribution in [0.15, 0.2) is 24.3 Å². The SMILES string of the molecule is COc1cccc(C(=O)N2CCCCC2C2CCNCC2)c1. The molecule has 1 N–H and O–H groups in total. The van der Waals surface area contributed by atoms with Crippen LogP contribution in [0.25, 0.3) is 0 Å². The summed E-state index contributed by atoms with van der Waals surface area (Å²) in [5.41, 5.74) is 0.750. The normalized spacial score (nSPS) is 23.3. The lowest BCUT2D eigenvalue weighted by Crippen LogP contribution is -2.49. The van der Waals surface area contributed by atoms with E-state index in [4.69, 9.17) is 4.74 Å². The Morgan fingerprint density at radius 1 is 1.23 bits per heavy atom. The molecular weight excluding hydrogens is 276 g/mol. The number of benzene rings is 1. The molecule has 120 valence electrons. The number of nitrogens with one attached hydrogen (secondary N) is 1. The van der Waals surface area contributed by atoms with Gasteiger partial charge in [-0.3, -0.25) is 4.79 Å². The highest BCUT2D eigenvalue weighted by Crippen LogP contribution is 2.30. The highest BCUT2D eigenvalue weighted by molar-refractivity contribution is 5.94. The molecule has 2 aliphatic rings. The minimum atomic E-state index is 0.169. The van der Waals surface area contributed by atoms with E-state index in [0.29, 0.717) is 12.0 Å². The monoisotopic (exact) mass is 302 g/mol. The lowest BCUT2D eigenvalue weighted by molar-refractivity contribution is 0.0475. The van der Waals surface area contributed by atoms with Crippen LogP contribution >= 0.6 is 0 Å². The number of piperidine rings is 2. The first-order valence-electron chi connectivity index (χ1n) is 8.45. The van der Waals surface area contributed by atoms with Crippen LogP contribution in [0.5, 0.6) is 5.75 Å². The number of likely N-dealkylation sites (tertiary alicyclic amines) is 1. The zero-order valence-corrected chi connectivity index (χ0v) is 13.4. The Kier molecular flexibility index (Phi) is 4.98. The third kappa shape index (κ3) is 3.27. The van der Waals surface area contributed by atoms with E-state index >= 15 is 0 Å². The van der Waals surface area contributed by atoms with Gasteiger partial charge in [0.15, 0.2) is 0 Å². The molecule has 0 spiro atoms. The minimum Gasteiger partial charge on any atom is -0.497 e. The molecular formula is C18H26N2O2. The number of hydrogen-bond acceptors (Lipinski definition) is 3. The van der Waals surface area contributed by atoms with Crippen molar-refractivity contribution in [3.63, 3.8) is 0 Å². The fraction of sp³-hybridized carbons (Fsp3) is 0.611.